The topological polar surface area (TPSA) is 139 Å². The fraction of sp³-hybridized carbons (Fsp3) is 0.455. The number of nitrogens with one attached hydrogen (secondary N) is 2. The van der Waals surface area contributed by atoms with E-state index in [1.807, 2.05) is 36.1 Å². The van der Waals surface area contributed by atoms with Crippen LogP contribution in [0.3, 0.4) is 0 Å². The van der Waals surface area contributed by atoms with Gasteiger partial charge in [-0.25, -0.2) is 4.98 Å². The molecular formula is C22H29N7O2. The van der Waals surface area contributed by atoms with Gasteiger partial charge < -0.3 is 27.0 Å². The van der Waals surface area contributed by atoms with Crippen LogP contribution in [0.15, 0.2) is 30.5 Å². The number of nitrogens with two attached hydrogens (primary N) is 2. The Morgan fingerprint density at radius 2 is 2.03 bits per heavy atom. The van der Waals surface area contributed by atoms with Gasteiger partial charge in [0, 0.05) is 43.0 Å². The Labute approximate surface area is 181 Å². The first-order valence-corrected chi connectivity index (χ1v) is 10.7. The van der Waals surface area contributed by atoms with Crippen molar-refractivity contribution in [2.45, 2.75) is 44.7 Å². The van der Waals surface area contributed by atoms with Crippen LogP contribution in [0.1, 0.15) is 41.6 Å². The highest BCUT2D eigenvalue weighted by molar-refractivity contribution is 5.98. The molecule has 6 N–H and O–H groups in total. The second-order valence-corrected chi connectivity index (χ2v) is 8.42. The lowest BCUT2D eigenvalue weighted by Gasteiger charge is -2.39. The fourth-order valence-corrected chi connectivity index (χ4v) is 4.16. The van der Waals surface area contributed by atoms with Gasteiger partial charge in [-0.3, -0.25) is 9.59 Å². The molecule has 9 heteroatoms. The van der Waals surface area contributed by atoms with E-state index in [9.17, 15) is 9.59 Å². The molecule has 2 amide bonds. The minimum Gasteiger partial charge on any atom is -0.365 e. The summed E-state index contributed by atoms with van der Waals surface area (Å²) in [6, 6.07) is 7.51. The molecule has 1 saturated carbocycles. The maximum absolute atomic E-state index is 12.5. The van der Waals surface area contributed by atoms with Crippen molar-refractivity contribution < 1.29 is 9.59 Å². The molecule has 3 atom stereocenters. The average molecular weight is 424 g/mol. The van der Waals surface area contributed by atoms with E-state index in [1.54, 1.807) is 0 Å². The van der Waals surface area contributed by atoms with Gasteiger partial charge in [0.15, 0.2) is 0 Å². The van der Waals surface area contributed by atoms with Gasteiger partial charge in [0.05, 0.1) is 0 Å². The lowest BCUT2D eigenvalue weighted by molar-refractivity contribution is -0.140. The van der Waals surface area contributed by atoms with Crippen LogP contribution in [0.5, 0.6) is 0 Å². The number of carbonyl (C=O) groups excluding carboxylic acids is 2. The first-order valence-electron chi connectivity index (χ1n) is 10.7. The molecule has 2 fully saturated rings. The number of likely N-dealkylation sites (tertiary alicyclic amines) is 1. The van der Waals surface area contributed by atoms with Crippen LogP contribution < -0.4 is 22.1 Å². The normalized spacial score (nSPS) is 23.0. The molecule has 1 aromatic carbocycles. The molecule has 2 aromatic rings. The number of amides is 2. The number of hydrogen-bond acceptors (Lipinski definition) is 7. The standard InChI is InChI=1S/C22H29N7O2/c1-13-4-2-5-15(10-13)26-20-16(19(24)30)12-25-22(28-20)27-18-7-6-14(11-17(18)23)21(31)29-8-3-9-29/h2,4-5,10,12,14,17-18H,3,6-9,11,23H2,1H3,(H2,24,30)(H2,25,26,27,28)/t14-,17-,18-/m1/s1. The van der Waals surface area contributed by atoms with Crippen molar-refractivity contribution in [2.24, 2.45) is 17.4 Å². The van der Waals surface area contributed by atoms with E-state index in [0.717, 1.165) is 43.6 Å². The molecule has 0 unspecified atom stereocenters. The Morgan fingerprint density at radius 1 is 1.23 bits per heavy atom. The summed E-state index contributed by atoms with van der Waals surface area (Å²) in [7, 11) is 0. The zero-order chi connectivity index (χ0) is 22.0. The van der Waals surface area contributed by atoms with Crippen molar-refractivity contribution in [3.05, 3.63) is 41.6 Å². The number of aryl methyl sites for hydroxylation is 1. The highest BCUT2D eigenvalue weighted by Gasteiger charge is 2.35. The summed E-state index contributed by atoms with van der Waals surface area (Å²) >= 11 is 0. The predicted octanol–water partition coefficient (Wildman–Crippen LogP) is 1.77. The summed E-state index contributed by atoms with van der Waals surface area (Å²) in [5.74, 6) is 0.319. The summed E-state index contributed by atoms with van der Waals surface area (Å²) in [5.41, 5.74) is 14.0. The van der Waals surface area contributed by atoms with Crippen LogP contribution in [0.4, 0.5) is 17.5 Å². The fourth-order valence-electron chi connectivity index (χ4n) is 4.16. The third-order valence-electron chi connectivity index (χ3n) is 6.07. The molecule has 164 valence electrons. The van der Waals surface area contributed by atoms with E-state index in [2.05, 4.69) is 20.6 Å². The van der Waals surface area contributed by atoms with E-state index < -0.39 is 5.91 Å². The van der Waals surface area contributed by atoms with E-state index in [4.69, 9.17) is 11.5 Å². The Bertz CT molecular complexity index is 976. The predicted molar refractivity (Wildman–Crippen MR) is 119 cm³/mol. The first kappa shape index (κ1) is 21.0. The largest absolute Gasteiger partial charge is 0.365 e. The molecule has 9 nitrogen and oxygen atoms in total. The van der Waals surface area contributed by atoms with Gasteiger partial charge in [-0.05, 0) is 50.3 Å². The zero-order valence-corrected chi connectivity index (χ0v) is 17.7. The molecule has 31 heavy (non-hydrogen) atoms. The molecule has 0 spiro atoms. The SMILES string of the molecule is Cc1cccc(Nc2nc(N[C@@H]3CC[C@@H](C(=O)N4CCC4)C[C@H]3N)ncc2C(N)=O)c1. The van der Waals surface area contributed by atoms with Crippen LogP contribution >= 0.6 is 0 Å². The average Bonchev–Trinajstić information content (AvgIpc) is 2.68. The molecule has 2 heterocycles. The maximum Gasteiger partial charge on any atom is 0.254 e. The third-order valence-corrected chi connectivity index (χ3v) is 6.07. The van der Waals surface area contributed by atoms with E-state index in [0.29, 0.717) is 18.2 Å². The molecule has 2 aliphatic rings. The van der Waals surface area contributed by atoms with Crippen molar-refractivity contribution >= 4 is 29.3 Å². The Hall–Kier alpha value is -3.20. The van der Waals surface area contributed by atoms with Gasteiger partial charge in [-0.15, -0.1) is 0 Å². The second-order valence-electron chi connectivity index (χ2n) is 8.42. The summed E-state index contributed by atoms with van der Waals surface area (Å²) < 4.78 is 0. The number of nitrogens with zero attached hydrogens (tertiary/aromatic N) is 3. The molecule has 4 rings (SSSR count). The number of rotatable bonds is 6. The molecule has 0 radical (unpaired) electrons. The lowest BCUT2D eigenvalue weighted by atomic mass is 9.81. The van der Waals surface area contributed by atoms with E-state index in [1.165, 1.54) is 6.20 Å². The van der Waals surface area contributed by atoms with Gasteiger partial charge in [0.25, 0.3) is 5.91 Å². The minimum atomic E-state index is -0.608. The highest BCUT2D eigenvalue weighted by Crippen LogP contribution is 2.29. The number of hydrogen-bond donors (Lipinski definition) is 4. The van der Waals surface area contributed by atoms with Gasteiger partial charge in [-0.1, -0.05) is 12.1 Å². The minimum absolute atomic E-state index is 0.00921. The summed E-state index contributed by atoms with van der Waals surface area (Å²) in [5, 5.41) is 6.44. The van der Waals surface area contributed by atoms with Crippen LogP contribution in [0.25, 0.3) is 0 Å². The van der Waals surface area contributed by atoms with Crippen molar-refractivity contribution in [3.63, 3.8) is 0 Å². The number of anilines is 3. The van der Waals surface area contributed by atoms with Gasteiger partial charge in [0.1, 0.15) is 11.4 Å². The highest BCUT2D eigenvalue weighted by atomic mass is 16.2. The zero-order valence-electron chi connectivity index (χ0n) is 17.7. The Kier molecular flexibility index (Phi) is 6.03. The maximum atomic E-state index is 12.5. The number of benzene rings is 1. The quantitative estimate of drug-likeness (QED) is 0.555. The molecule has 1 aromatic heterocycles. The van der Waals surface area contributed by atoms with Crippen LogP contribution in [0.2, 0.25) is 0 Å². The van der Waals surface area contributed by atoms with Crippen molar-refractivity contribution in [2.75, 3.05) is 23.7 Å². The second kappa shape index (κ2) is 8.89. The number of aromatic nitrogens is 2. The third kappa shape index (κ3) is 4.77. The van der Waals surface area contributed by atoms with Crippen molar-refractivity contribution in [3.8, 4) is 0 Å². The number of carbonyl (C=O) groups is 2. The summed E-state index contributed by atoms with van der Waals surface area (Å²) in [6.45, 7) is 3.71. The van der Waals surface area contributed by atoms with E-state index in [-0.39, 0.29) is 29.5 Å². The Morgan fingerprint density at radius 3 is 2.68 bits per heavy atom. The van der Waals surface area contributed by atoms with Crippen LogP contribution in [-0.2, 0) is 4.79 Å². The van der Waals surface area contributed by atoms with Crippen LogP contribution in [-0.4, -0.2) is 51.9 Å². The molecular weight excluding hydrogens is 394 g/mol. The smallest absolute Gasteiger partial charge is 0.254 e. The van der Waals surface area contributed by atoms with Gasteiger partial charge in [0.2, 0.25) is 11.9 Å². The summed E-state index contributed by atoms with van der Waals surface area (Å²) in [6.07, 6.45) is 4.69. The lowest BCUT2D eigenvalue weighted by Crippen LogP contribution is -2.51. The molecule has 1 aliphatic carbocycles. The van der Waals surface area contributed by atoms with Gasteiger partial charge >= 0.3 is 0 Å². The molecule has 1 aliphatic heterocycles. The van der Waals surface area contributed by atoms with Gasteiger partial charge in [-0.2, -0.15) is 4.98 Å². The van der Waals surface area contributed by atoms with Crippen LogP contribution in [0, 0.1) is 12.8 Å². The van der Waals surface area contributed by atoms with Crippen molar-refractivity contribution in [1.29, 1.82) is 0 Å². The molecule has 0 bridgehead atoms. The molecule has 1 saturated heterocycles. The Balaban J connectivity index is 1.46. The first-order chi connectivity index (χ1) is 14.9. The summed E-state index contributed by atoms with van der Waals surface area (Å²) in [4.78, 5) is 35.0. The van der Waals surface area contributed by atoms with Crippen molar-refractivity contribution in [1.82, 2.24) is 14.9 Å². The monoisotopic (exact) mass is 423 g/mol. The number of primary amides is 1. The van der Waals surface area contributed by atoms with E-state index >= 15 is 0 Å².